The first-order valence-electron chi connectivity index (χ1n) is 8.61. The molecule has 0 bridgehead atoms. The molecule has 2 saturated heterocycles. The minimum absolute atomic E-state index is 0.0835. The van der Waals surface area contributed by atoms with Gasteiger partial charge in [0.15, 0.2) is 0 Å². The topological polar surface area (TPSA) is 49.9 Å². The quantitative estimate of drug-likeness (QED) is 0.806. The second-order valence-corrected chi connectivity index (χ2v) is 7.00. The summed E-state index contributed by atoms with van der Waals surface area (Å²) < 4.78 is 20.0. The van der Waals surface area contributed by atoms with Crippen molar-refractivity contribution >= 4 is 23.4 Å². The van der Waals surface area contributed by atoms with Crippen molar-refractivity contribution < 1.29 is 18.7 Å². The highest BCUT2D eigenvalue weighted by molar-refractivity contribution is 6.33. The number of carbonyl (C=O) groups excluding carboxylic acids is 2. The molecule has 1 aromatic carbocycles. The number of ether oxygens (including phenoxy) is 1. The zero-order chi connectivity index (χ0) is 18.0. The zero-order valence-corrected chi connectivity index (χ0v) is 15.0. The number of hydrogen-bond acceptors (Lipinski definition) is 3. The van der Waals surface area contributed by atoms with E-state index in [1.807, 2.05) is 11.8 Å². The third kappa shape index (κ3) is 3.65. The fourth-order valence-corrected chi connectivity index (χ4v) is 3.81. The number of morpholine rings is 1. The first-order valence-corrected chi connectivity index (χ1v) is 8.98. The smallest absolute Gasteiger partial charge is 0.258 e. The summed E-state index contributed by atoms with van der Waals surface area (Å²) in [7, 11) is 0. The molecule has 0 atom stereocenters. The van der Waals surface area contributed by atoms with Gasteiger partial charge in [-0.2, -0.15) is 0 Å². The van der Waals surface area contributed by atoms with Gasteiger partial charge in [0.1, 0.15) is 5.82 Å². The van der Waals surface area contributed by atoms with E-state index in [9.17, 15) is 14.0 Å². The summed E-state index contributed by atoms with van der Waals surface area (Å²) in [6.45, 7) is 4.29. The SMILES string of the molecule is CCC(=O)N1CCC2(CC1)CN(C(=O)c1c(F)cccc1Cl)CCO2. The summed E-state index contributed by atoms with van der Waals surface area (Å²) >= 11 is 6.03. The summed E-state index contributed by atoms with van der Waals surface area (Å²) in [4.78, 5) is 28.1. The van der Waals surface area contributed by atoms with Crippen molar-refractivity contribution in [1.29, 1.82) is 0 Å². The average Bonchev–Trinajstić information content (AvgIpc) is 2.61. The van der Waals surface area contributed by atoms with Crippen molar-refractivity contribution in [3.05, 3.63) is 34.6 Å². The summed E-state index contributed by atoms with van der Waals surface area (Å²) in [6.07, 6.45) is 1.84. The largest absolute Gasteiger partial charge is 0.371 e. The number of amides is 2. The number of hydrogen-bond donors (Lipinski definition) is 0. The Morgan fingerprint density at radius 1 is 1.24 bits per heavy atom. The predicted molar refractivity (Wildman–Crippen MR) is 92.1 cm³/mol. The molecule has 136 valence electrons. The maximum Gasteiger partial charge on any atom is 0.258 e. The highest BCUT2D eigenvalue weighted by Gasteiger charge is 2.42. The van der Waals surface area contributed by atoms with Crippen LogP contribution in [-0.4, -0.2) is 60.0 Å². The van der Waals surface area contributed by atoms with Crippen LogP contribution in [0.25, 0.3) is 0 Å². The minimum Gasteiger partial charge on any atom is -0.371 e. The molecule has 0 radical (unpaired) electrons. The van der Waals surface area contributed by atoms with Gasteiger partial charge in [0.05, 0.1) is 29.3 Å². The zero-order valence-electron chi connectivity index (χ0n) is 14.3. The standard InChI is InChI=1S/C18H22ClFN2O3/c1-2-15(23)21-8-6-18(7-9-21)12-22(10-11-25-18)17(24)16-13(19)4-3-5-14(16)20/h3-5H,2,6-12H2,1H3. The van der Waals surface area contributed by atoms with E-state index in [1.54, 1.807) is 4.90 Å². The molecule has 25 heavy (non-hydrogen) atoms. The molecule has 2 aliphatic rings. The Hall–Kier alpha value is -1.66. The van der Waals surface area contributed by atoms with Gasteiger partial charge in [0.25, 0.3) is 5.91 Å². The Morgan fingerprint density at radius 2 is 1.96 bits per heavy atom. The lowest BCUT2D eigenvalue weighted by atomic mass is 9.89. The summed E-state index contributed by atoms with van der Waals surface area (Å²) in [6, 6.07) is 4.24. The molecule has 2 heterocycles. The van der Waals surface area contributed by atoms with Crippen molar-refractivity contribution in [3.8, 4) is 0 Å². The lowest BCUT2D eigenvalue weighted by molar-refractivity contribution is -0.146. The molecule has 5 nitrogen and oxygen atoms in total. The number of likely N-dealkylation sites (tertiary alicyclic amines) is 1. The maximum atomic E-state index is 14.1. The van der Waals surface area contributed by atoms with E-state index in [1.165, 1.54) is 18.2 Å². The van der Waals surface area contributed by atoms with Gasteiger partial charge in [-0.25, -0.2) is 4.39 Å². The van der Waals surface area contributed by atoms with E-state index in [4.69, 9.17) is 16.3 Å². The van der Waals surface area contributed by atoms with Gasteiger partial charge in [-0.1, -0.05) is 24.6 Å². The molecule has 0 saturated carbocycles. The molecule has 3 rings (SSSR count). The minimum atomic E-state index is -0.610. The highest BCUT2D eigenvalue weighted by Crippen LogP contribution is 2.32. The second-order valence-electron chi connectivity index (χ2n) is 6.59. The molecule has 2 amide bonds. The van der Waals surface area contributed by atoms with Gasteiger partial charge < -0.3 is 14.5 Å². The number of rotatable bonds is 2. The van der Waals surface area contributed by atoms with Crippen LogP contribution >= 0.6 is 11.6 Å². The fraction of sp³-hybridized carbons (Fsp3) is 0.556. The summed E-state index contributed by atoms with van der Waals surface area (Å²) in [5, 5.41) is 0.119. The van der Waals surface area contributed by atoms with Gasteiger partial charge in [0.2, 0.25) is 5.91 Å². The van der Waals surface area contributed by atoms with Crippen molar-refractivity contribution in [2.45, 2.75) is 31.8 Å². The first-order chi connectivity index (χ1) is 12.0. The number of halogens is 2. The Morgan fingerprint density at radius 3 is 2.60 bits per heavy atom. The van der Waals surface area contributed by atoms with E-state index in [2.05, 4.69) is 0 Å². The lowest BCUT2D eigenvalue weighted by Gasteiger charge is -2.47. The van der Waals surface area contributed by atoms with Gasteiger partial charge in [-0.15, -0.1) is 0 Å². The number of piperidine rings is 1. The van der Waals surface area contributed by atoms with E-state index < -0.39 is 17.3 Å². The van der Waals surface area contributed by atoms with Crippen molar-refractivity contribution in [2.75, 3.05) is 32.8 Å². The Balaban J connectivity index is 1.72. The van der Waals surface area contributed by atoms with Gasteiger partial charge in [-0.05, 0) is 25.0 Å². The summed E-state index contributed by atoms with van der Waals surface area (Å²) in [5.41, 5.74) is -0.546. The molecular formula is C18H22ClFN2O3. The van der Waals surface area contributed by atoms with Crippen LogP contribution in [0.15, 0.2) is 18.2 Å². The van der Waals surface area contributed by atoms with Gasteiger partial charge in [0, 0.05) is 26.1 Å². The maximum absolute atomic E-state index is 14.1. The van der Waals surface area contributed by atoms with Crippen LogP contribution < -0.4 is 0 Å². The Bertz CT molecular complexity index is 654. The molecule has 1 spiro atoms. The molecule has 1 aromatic rings. The van der Waals surface area contributed by atoms with Crippen molar-refractivity contribution in [1.82, 2.24) is 9.80 Å². The molecular weight excluding hydrogens is 347 g/mol. The summed E-state index contributed by atoms with van der Waals surface area (Å²) in [5.74, 6) is -0.879. The van der Waals surface area contributed by atoms with Gasteiger partial charge >= 0.3 is 0 Å². The number of carbonyl (C=O) groups is 2. The molecule has 0 aromatic heterocycles. The Labute approximate surface area is 151 Å². The molecule has 0 unspecified atom stereocenters. The second kappa shape index (κ2) is 7.30. The molecule has 2 aliphatic heterocycles. The molecule has 2 fully saturated rings. The molecule has 0 aliphatic carbocycles. The van der Waals surface area contributed by atoms with E-state index in [0.717, 1.165) is 0 Å². The Kier molecular flexibility index (Phi) is 5.29. The lowest BCUT2D eigenvalue weighted by Crippen LogP contribution is -2.58. The van der Waals surface area contributed by atoms with Crippen LogP contribution in [-0.2, 0) is 9.53 Å². The average molecular weight is 369 g/mol. The van der Waals surface area contributed by atoms with Crippen LogP contribution in [0.5, 0.6) is 0 Å². The normalized spacial score (nSPS) is 20.0. The van der Waals surface area contributed by atoms with Crippen LogP contribution in [0.1, 0.15) is 36.5 Å². The van der Waals surface area contributed by atoms with Crippen LogP contribution in [0.4, 0.5) is 4.39 Å². The van der Waals surface area contributed by atoms with Gasteiger partial charge in [-0.3, -0.25) is 9.59 Å². The van der Waals surface area contributed by atoms with E-state index in [-0.39, 0.29) is 16.5 Å². The molecule has 7 heteroatoms. The van der Waals surface area contributed by atoms with Crippen LogP contribution in [0.3, 0.4) is 0 Å². The van der Waals surface area contributed by atoms with Crippen LogP contribution in [0.2, 0.25) is 5.02 Å². The fourth-order valence-electron chi connectivity index (χ4n) is 3.57. The third-order valence-corrected chi connectivity index (χ3v) is 5.36. The highest BCUT2D eigenvalue weighted by atomic mass is 35.5. The van der Waals surface area contributed by atoms with E-state index >= 15 is 0 Å². The predicted octanol–water partition coefficient (Wildman–Crippen LogP) is 2.72. The van der Waals surface area contributed by atoms with Crippen molar-refractivity contribution in [3.63, 3.8) is 0 Å². The first kappa shape index (κ1) is 18.1. The van der Waals surface area contributed by atoms with E-state index in [0.29, 0.717) is 52.0 Å². The van der Waals surface area contributed by atoms with Crippen molar-refractivity contribution in [2.24, 2.45) is 0 Å². The molecule has 0 N–H and O–H groups in total. The third-order valence-electron chi connectivity index (χ3n) is 5.04. The monoisotopic (exact) mass is 368 g/mol. The van der Waals surface area contributed by atoms with Crippen LogP contribution in [0, 0.1) is 5.82 Å². The number of nitrogens with zero attached hydrogens (tertiary/aromatic N) is 2. The number of benzene rings is 1.